The predicted octanol–water partition coefficient (Wildman–Crippen LogP) is 2.42. The molecule has 0 heterocycles. The Bertz CT molecular complexity index is 516. The van der Waals surface area contributed by atoms with Crippen molar-refractivity contribution < 1.29 is 19.5 Å². The van der Waals surface area contributed by atoms with Crippen molar-refractivity contribution in [1.29, 1.82) is 0 Å². The first kappa shape index (κ1) is 16.2. The molecule has 0 aliphatic rings. The fraction of sp³-hybridized carbons (Fsp3) is 0.357. The molecular weight excluding hydrogens is 278 g/mol. The fourth-order valence-corrected chi connectivity index (χ4v) is 2.38. The van der Waals surface area contributed by atoms with Gasteiger partial charge in [-0.25, -0.2) is 0 Å². The summed E-state index contributed by atoms with van der Waals surface area (Å²) in [5, 5.41) is 11.2. The molecule has 108 valence electrons. The average molecular weight is 295 g/mol. The van der Waals surface area contributed by atoms with E-state index in [9.17, 15) is 14.4 Å². The molecule has 0 saturated carbocycles. The molecule has 1 aromatic rings. The van der Waals surface area contributed by atoms with E-state index in [1.54, 1.807) is 31.2 Å². The molecule has 1 unspecified atom stereocenters. The number of hydrogen-bond acceptors (Lipinski definition) is 4. The summed E-state index contributed by atoms with van der Waals surface area (Å²) in [6, 6.07) is 6.79. The van der Waals surface area contributed by atoms with Gasteiger partial charge in [-0.1, -0.05) is 19.1 Å². The van der Waals surface area contributed by atoms with Gasteiger partial charge in [-0.15, -0.1) is 11.8 Å². The van der Waals surface area contributed by atoms with E-state index < -0.39 is 5.97 Å². The van der Waals surface area contributed by atoms with Crippen LogP contribution in [0.3, 0.4) is 0 Å². The topological polar surface area (TPSA) is 83.5 Å². The van der Waals surface area contributed by atoms with Gasteiger partial charge >= 0.3 is 5.97 Å². The SMILES string of the molecule is CC(=O)c1ccccc1NC(=O)CSC(C)CC(=O)O. The van der Waals surface area contributed by atoms with E-state index in [-0.39, 0.29) is 29.1 Å². The quantitative estimate of drug-likeness (QED) is 0.755. The number of carbonyl (C=O) groups excluding carboxylic acids is 2. The van der Waals surface area contributed by atoms with Crippen LogP contribution in [0.5, 0.6) is 0 Å². The lowest BCUT2D eigenvalue weighted by Gasteiger charge is -2.11. The molecular formula is C14H17NO4S. The zero-order valence-electron chi connectivity index (χ0n) is 11.4. The fourth-order valence-electron chi connectivity index (χ4n) is 1.61. The number of ketones is 1. The van der Waals surface area contributed by atoms with E-state index >= 15 is 0 Å². The molecule has 0 aliphatic carbocycles. The van der Waals surface area contributed by atoms with Gasteiger partial charge < -0.3 is 10.4 Å². The van der Waals surface area contributed by atoms with Gasteiger partial charge in [-0.05, 0) is 19.1 Å². The number of benzene rings is 1. The molecule has 1 aromatic carbocycles. The average Bonchev–Trinajstić information content (AvgIpc) is 2.36. The number of aliphatic carboxylic acids is 1. The zero-order chi connectivity index (χ0) is 15.1. The molecule has 20 heavy (non-hydrogen) atoms. The predicted molar refractivity (Wildman–Crippen MR) is 79.2 cm³/mol. The lowest BCUT2D eigenvalue weighted by Crippen LogP contribution is -2.18. The van der Waals surface area contributed by atoms with E-state index in [0.717, 1.165) is 0 Å². The van der Waals surface area contributed by atoms with E-state index in [1.165, 1.54) is 18.7 Å². The van der Waals surface area contributed by atoms with Gasteiger partial charge in [0.25, 0.3) is 0 Å². The third kappa shape index (κ3) is 5.44. The number of amides is 1. The minimum atomic E-state index is -0.882. The summed E-state index contributed by atoms with van der Waals surface area (Å²) in [4.78, 5) is 33.7. The second kappa shape index (κ2) is 7.69. The smallest absolute Gasteiger partial charge is 0.304 e. The highest BCUT2D eigenvalue weighted by atomic mass is 32.2. The van der Waals surface area contributed by atoms with Crippen LogP contribution in [0.4, 0.5) is 5.69 Å². The third-order valence-corrected chi connectivity index (χ3v) is 3.71. The number of carboxylic acid groups (broad SMARTS) is 1. The van der Waals surface area contributed by atoms with Crippen LogP contribution >= 0.6 is 11.8 Å². The number of carbonyl (C=O) groups is 3. The van der Waals surface area contributed by atoms with Crippen LogP contribution in [-0.4, -0.2) is 33.8 Å². The maximum atomic E-state index is 11.8. The normalized spacial score (nSPS) is 11.7. The highest BCUT2D eigenvalue weighted by Crippen LogP contribution is 2.18. The number of thioether (sulfide) groups is 1. The van der Waals surface area contributed by atoms with E-state index in [4.69, 9.17) is 5.11 Å². The van der Waals surface area contributed by atoms with Crippen molar-refractivity contribution in [3.05, 3.63) is 29.8 Å². The Labute approximate surface area is 121 Å². The number of anilines is 1. The molecule has 2 N–H and O–H groups in total. The monoisotopic (exact) mass is 295 g/mol. The Balaban J connectivity index is 2.55. The van der Waals surface area contributed by atoms with Crippen molar-refractivity contribution >= 4 is 35.1 Å². The maximum absolute atomic E-state index is 11.8. The van der Waals surface area contributed by atoms with Crippen LogP contribution in [0.1, 0.15) is 30.6 Å². The summed E-state index contributed by atoms with van der Waals surface area (Å²) in [5.74, 6) is -1.10. The standard InChI is InChI=1S/C14H17NO4S/c1-9(7-14(18)19)20-8-13(17)15-12-6-4-3-5-11(12)10(2)16/h3-6,9H,7-8H2,1-2H3,(H,15,17)(H,18,19). The van der Waals surface area contributed by atoms with Crippen LogP contribution in [-0.2, 0) is 9.59 Å². The summed E-state index contributed by atoms with van der Waals surface area (Å²) in [7, 11) is 0. The van der Waals surface area contributed by atoms with Gasteiger partial charge in [-0.3, -0.25) is 14.4 Å². The molecule has 5 nitrogen and oxygen atoms in total. The van der Waals surface area contributed by atoms with Crippen LogP contribution in [0, 0.1) is 0 Å². The number of para-hydroxylation sites is 1. The Hall–Kier alpha value is -1.82. The van der Waals surface area contributed by atoms with Gasteiger partial charge in [0.2, 0.25) is 5.91 Å². The Morgan fingerprint density at radius 2 is 1.95 bits per heavy atom. The van der Waals surface area contributed by atoms with E-state index in [0.29, 0.717) is 11.3 Å². The number of carboxylic acids is 1. The highest BCUT2D eigenvalue weighted by Gasteiger charge is 2.13. The molecule has 0 aromatic heterocycles. The molecule has 0 bridgehead atoms. The first-order chi connectivity index (χ1) is 9.40. The van der Waals surface area contributed by atoms with Crippen molar-refractivity contribution in [3.63, 3.8) is 0 Å². The number of rotatable bonds is 7. The minimum Gasteiger partial charge on any atom is -0.481 e. The molecule has 0 aliphatic heterocycles. The first-order valence-electron chi connectivity index (χ1n) is 6.13. The van der Waals surface area contributed by atoms with Gasteiger partial charge in [0.1, 0.15) is 0 Å². The van der Waals surface area contributed by atoms with Crippen molar-refractivity contribution in [2.45, 2.75) is 25.5 Å². The highest BCUT2D eigenvalue weighted by molar-refractivity contribution is 8.00. The van der Waals surface area contributed by atoms with Crippen molar-refractivity contribution in [2.24, 2.45) is 0 Å². The third-order valence-electron chi connectivity index (χ3n) is 2.54. The number of Topliss-reactive ketones (excluding diaryl/α,β-unsaturated/α-hetero) is 1. The van der Waals surface area contributed by atoms with Gasteiger partial charge in [0.05, 0.1) is 17.9 Å². The van der Waals surface area contributed by atoms with Crippen molar-refractivity contribution in [2.75, 3.05) is 11.1 Å². The molecule has 1 amide bonds. The molecule has 1 atom stereocenters. The van der Waals surface area contributed by atoms with Crippen LogP contribution in [0.15, 0.2) is 24.3 Å². The summed E-state index contributed by atoms with van der Waals surface area (Å²) in [6.07, 6.45) is 0.0159. The molecule has 6 heteroatoms. The maximum Gasteiger partial charge on any atom is 0.304 e. The Morgan fingerprint density at radius 1 is 1.30 bits per heavy atom. The van der Waals surface area contributed by atoms with Gasteiger partial charge in [0.15, 0.2) is 5.78 Å². The van der Waals surface area contributed by atoms with Crippen LogP contribution in [0.2, 0.25) is 0 Å². The molecule has 0 fully saturated rings. The minimum absolute atomic E-state index is 0.0159. The first-order valence-corrected chi connectivity index (χ1v) is 7.18. The second-order valence-electron chi connectivity index (χ2n) is 4.37. The molecule has 0 spiro atoms. The lowest BCUT2D eigenvalue weighted by atomic mass is 10.1. The summed E-state index contributed by atoms with van der Waals surface area (Å²) in [6.45, 7) is 3.20. The van der Waals surface area contributed by atoms with Gasteiger partial charge in [0, 0.05) is 10.8 Å². The molecule has 0 saturated heterocycles. The van der Waals surface area contributed by atoms with E-state index in [2.05, 4.69) is 5.32 Å². The van der Waals surface area contributed by atoms with Crippen LogP contribution < -0.4 is 5.32 Å². The Morgan fingerprint density at radius 3 is 2.55 bits per heavy atom. The summed E-state index contributed by atoms with van der Waals surface area (Å²) in [5.41, 5.74) is 0.945. The zero-order valence-corrected chi connectivity index (χ0v) is 12.2. The molecule has 1 rings (SSSR count). The Kier molecular flexibility index (Phi) is 6.24. The van der Waals surface area contributed by atoms with Crippen molar-refractivity contribution in [1.82, 2.24) is 0 Å². The summed E-state index contributed by atoms with van der Waals surface area (Å²) >= 11 is 1.27. The lowest BCUT2D eigenvalue weighted by molar-refractivity contribution is -0.136. The largest absolute Gasteiger partial charge is 0.481 e. The number of hydrogen-bond donors (Lipinski definition) is 2. The van der Waals surface area contributed by atoms with Crippen molar-refractivity contribution in [3.8, 4) is 0 Å². The van der Waals surface area contributed by atoms with E-state index in [1.807, 2.05) is 0 Å². The van der Waals surface area contributed by atoms with Crippen LogP contribution in [0.25, 0.3) is 0 Å². The molecule has 0 radical (unpaired) electrons. The number of nitrogens with one attached hydrogen (secondary N) is 1. The van der Waals surface area contributed by atoms with Gasteiger partial charge in [-0.2, -0.15) is 0 Å². The second-order valence-corrected chi connectivity index (χ2v) is 5.80. The summed E-state index contributed by atoms with van der Waals surface area (Å²) < 4.78 is 0.